The summed E-state index contributed by atoms with van der Waals surface area (Å²) >= 11 is 0. The highest BCUT2D eigenvalue weighted by Gasteiger charge is 2.24. The number of nitrogens with two attached hydrogens (primary N) is 1. The molecule has 1 saturated carbocycles. The molecule has 1 aliphatic carbocycles. The number of phenols is 2. The lowest BCUT2D eigenvalue weighted by molar-refractivity contribution is 0.0693. The van der Waals surface area contributed by atoms with Crippen LogP contribution in [-0.2, 0) is 0 Å². The normalized spacial score (nSPS) is 17.9. The molecule has 162 valence electrons. The molecule has 10 nitrogen and oxygen atoms in total. The van der Waals surface area contributed by atoms with E-state index in [9.17, 15) is 4.79 Å². The molecule has 1 saturated heterocycles. The smallest absolute Gasteiger partial charge is 0.339 e. The number of nitrogens with zero attached hydrogens (tertiary/aromatic N) is 3. The van der Waals surface area contributed by atoms with Gasteiger partial charge in [-0.1, -0.05) is 0 Å². The van der Waals surface area contributed by atoms with Gasteiger partial charge >= 0.3 is 5.97 Å². The molecule has 10 heteroatoms. The van der Waals surface area contributed by atoms with Crippen LogP contribution >= 0.6 is 0 Å². The maximum atomic E-state index is 10.3. The van der Waals surface area contributed by atoms with E-state index in [2.05, 4.69) is 25.5 Å². The van der Waals surface area contributed by atoms with Gasteiger partial charge < -0.3 is 36.6 Å². The van der Waals surface area contributed by atoms with Crippen molar-refractivity contribution >= 4 is 23.6 Å². The third kappa shape index (κ3) is 5.86. The van der Waals surface area contributed by atoms with Crippen molar-refractivity contribution in [1.82, 2.24) is 15.3 Å². The van der Waals surface area contributed by atoms with Gasteiger partial charge in [0.25, 0.3) is 0 Å². The molecule has 4 rings (SSSR count). The van der Waals surface area contributed by atoms with Crippen LogP contribution in [0.25, 0.3) is 0 Å². The Morgan fingerprint density at radius 2 is 2.00 bits per heavy atom. The maximum absolute atomic E-state index is 10.3. The van der Waals surface area contributed by atoms with E-state index < -0.39 is 5.97 Å². The Labute approximate surface area is 174 Å². The van der Waals surface area contributed by atoms with Crippen LogP contribution < -0.4 is 21.3 Å². The molecule has 0 spiro atoms. The Kier molecular flexibility index (Phi) is 6.78. The molecule has 2 aliphatic rings. The third-order valence-electron chi connectivity index (χ3n) is 5.13. The minimum atomic E-state index is -1.27. The summed E-state index contributed by atoms with van der Waals surface area (Å²) in [5.41, 5.74) is 5.51. The van der Waals surface area contributed by atoms with Crippen molar-refractivity contribution in [2.75, 3.05) is 42.6 Å². The minimum absolute atomic E-state index is 0.180. The lowest BCUT2D eigenvalue weighted by Gasteiger charge is -2.18. The van der Waals surface area contributed by atoms with Crippen LogP contribution in [0, 0.1) is 5.92 Å². The molecular formula is C20H28N6O4. The fourth-order valence-electron chi connectivity index (χ4n) is 3.18. The summed E-state index contributed by atoms with van der Waals surface area (Å²) in [7, 11) is 2.01. The molecule has 1 aliphatic heterocycles. The van der Waals surface area contributed by atoms with Gasteiger partial charge in [-0.05, 0) is 50.4 Å². The standard InChI is InChI=1S/C13H22N6.C7H6O4/c1-15-10-4-5-19(8-10)12-6-11(17-13(14)18-12)16-7-9-2-3-9;8-4-1-2-6(9)5(3-4)7(10)11/h6,9-10,15H,2-5,7-8H2,1H3,(H3,14,16,17,18);1-3,8-9H,(H,10,11)/t10-;/m1./s1. The predicted octanol–water partition coefficient (Wildman–Crippen LogP) is 1.47. The number of rotatable bonds is 6. The van der Waals surface area contributed by atoms with E-state index in [0.717, 1.165) is 55.7 Å². The summed E-state index contributed by atoms with van der Waals surface area (Å²) < 4.78 is 0. The average Bonchev–Trinajstić information content (AvgIpc) is 3.42. The Hall–Kier alpha value is -3.27. The zero-order valence-electron chi connectivity index (χ0n) is 16.9. The first-order chi connectivity index (χ1) is 14.4. The molecule has 2 aromatic rings. The second-order valence-corrected chi connectivity index (χ2v) is 7.52. The van der Waals surface area contributed by atoms with Crippen molar-refractivity contribution in [2.24, 2.45) is 5.92 Å². The van der Waals surface area contributed by atoms with Gasteiger partial charge in [0.1, 0.15) is 28.7 Å². The second-order valence-electron chi connectivity index (χ2n) is 7.52. The molecule has 0 radical (unpaired) electrons. The minimum Gasteiger partial charge on any atom is -0.508 e. The molecule has 1 aromatic carbocycles. The van der Waals surface area contributed by atoms with E-state index in [1.807, 2.05) is 13.1 Å². The summed E-state index contributed by atoms with van der Waals surface area (Å²) in [4.78, 5) is 21.2. The van der Waals surface area contributed by atoms with Crippen LogP contribution in [0.15, 0.2) is 24.3 Å². The van der Waals surface area contributed by atoms with E-state index in [4.69, 9.17) is 21.1 Å². The highest BCUT2D eigenvalue weighted by atomic mass is 16.4. The molecular weight excluding hydrogens is 388 g/mol. The molecule has 1 atom stereocenters. The lowest BCUT2D eigenvalue weighted by Crippen LogP contribution is -2.30. The first-order valence-electron chi connectivity index (χ1n) is 9.91. The quantitative estimate of drug-likeness (QED) is 0.381. The molecule has 30 heavy (non-hydrogen) atoms. The number of nitrogen functional groups attached to an aromatic ring is 1. The number of carboxylic acid groups (broad SMARTS) is 1. The molecule has 7 N–H and O–H groups in total. The fourth-order valence-corrected chi connectivity index (χ4v) is 3.18. The van der Waals surface area contributed by atoms with Gasteiger partial charge in [-0.15, -0.1) is 0 Å². The van der Waals surface area contributed by atoms with Crippen molar-refractivity contribution in [3.05, 3.63) is 29.8 Å². The highest BCUT2D eigenvalue weighted by molar-refractivity contribution is 5.91. The SMILES string of the molecule is CN[C@@H]1CCN(c2cc(NCC3CC3)nc(N)n2)C1.O=C(O)c1cc(O)ccc1O. The first-order valence-corrected chi connectivity index (χ1v) is 9.91. The molecule has 0 amide bonds. The van der Waals surface area contributed by atoms with Crippen LogP contribution in [0.5, 0.6) is 11.5 Å². The van der Waals surface area contributed by atoms with Gasteiger partial charge in [0, 0.05) is 31.7 Å². The number of aromatic hydroxyl groups is 2. The number of hydrogen-bond donors (Lipinski definition) is 6. The Morgan fingerprint density at radius 1 is 1.23 bits per heavy atom. The van der Waals surface area contributed by atoms with Crippen LogP contribution in [0.3, 0.4) is 0 Å². The van der Waals surface area contributed by atoms with Gasteiger partial charge in [0.2, 0.25) is 5.95 Å². The van der Waals surface area contributed by atoms with Crippen molar-refractivity contribution in [2.45, 2.75) is 25.3 Å². The number of nitrogens with one attached hydrogen (secondary N) is 2. The third-order valence-corrected chi connectivity index (χ3v) is 5.13. The van der Waals surface area contributed by atoms with E-state index >= 15 is 0 Å². The Morgan fingerprint density at radius 3 is 2.60 bits per heavy atom. The van der Waals surface area contributed by atoms with Crippen LogP contribution in [0.1, 0.15) is 29.6 Å². The molecule has 2 fully saturated rings. The van der Waals surface area contributed by atoms with Crippen LogP contribution in [-0.4, -0.2) is 64.0 Å². The van der Waals surface area contributed by atoms with Gasteiger partial charge in [-0.2, -0.15) is 9.97 Å². The number of anilines is 3. The Balaban J connectivity index is 0.000000199. The fraction of sp³-hybridized carbons (Fsp3) is 0.450. The number of carbonyl (C=O) groups is 1. The largest absolute Gasteiger partial charge is 0.508 e. The van der Waals surface area contributed by atoms with Crippen molar-refractivity contribution in [3.8, 4) is 11.5 Å². The highest BCUT2D eigenvalue weighted by Crippen LogP contribution is 2.29. The summed E-state index contributed by atoms with van der Waals surface area (Å²) in [5, 5.41) is 32.8. The number of phenolic OH excluding ortho intramolecular Hbond substituents is 1. The van der Waals surface area contributed by atoms with Gasteiger partial charge in [0.15, 0.2) is 0 Å². The summed E-state index contributed by atoms with van der Waals surface area (Å²) in [6, 6.07) is 5.87. The van der Waals surface area contributed by atoms with Crippen molar-refractivity contribution in [1.29, 1.82) is 0 Å². The topological polar surface area (TPSA) is 157 Å². The number of carboxylic acids is 1. The number of likely N-dealkylation sites (N-methyl/N-ethyl adjacent to an activating group) is 1. The molecule has 1 aromatic heterocycles. The molecule has 2 heterocycles. The molecule has 0 unspecified atom stereocenters. The number of aromatic nitrogens is 2. The summed E-state index contributed by atoms with van der Waals surface area (Å²) in [6.45, 7) is 2.99. The average molecular weight is 416 g/mol. The van der Waals surface area contributed by atoms with E-state index in [1.54, 1.807) is 0 Å². The van der Waals surface area contributed by atoms with E-state index in [1.165, 1.54) is 18.9 Å². The first kappa shape index (κ1) is 21.4. The zero-order chi connectivity index (χ0) is 21.7. The second kappa shape index (κ2) is 9.49. The van der Waals surface area contributed by atoms with E-state index in [-0.39, 0.29) is 17.1 Å². The number of benzene rings is 1. The summed E-state index contributed by atoms with van der Waals surface area (Å²) in [6.07, 6.45) is 3.80. The maximum Gasteiger partial charge on any atom is 0.339 e. The van der Waals surface area contributed by atoms with Gasteiger partial charge in [0.05, 0.1) is 0 Å². The molecule has 0 bridgehead atoms. The number of aromatic carboxylic acids is 1. The monoisotopic (exact) mass is 416 g/mol. The van der Waals surface area contributed by atoms with Crippen LogP contribution in [0.2, 0.25) is 0 Å². The van der Waals surface area contributed by atoms with Gasteiger partial charge in [-0.25, -0.2) is 4.79 Å². The van der Waals surface area contributed by atoms with Crippen molar-refractivity contribution < 1.29 is 20.1 Å². The van der Waals surface area contributed by atoms with Gasteiger partial charge in [-0.3, -0.25) is 0 Å². The van der Waals surface area contributed by atoms with Crippen LogP contribution in [0.4, 0.5) is 17.6 Å². The Bertz CT molecular complexity index is 890. The summed E-state index contributed by atoms with van der Waals surface area (Å²) in [5.74, 6) is 1.16. The van der Waals surface area contributed by atoms with Crippen molar-refractivity contribution in [3.63, 3.8) is 0 Å². The number of hydrogen-bond acceptors (Lipinski definition) is 9. The van der Waals surface area contributed by atoms with E-state index in [0.29, 0.717) is 12.0 Å². The lowest BCUT2D eigenvalue weighted by atomic mass is 10.2. The predicted molar refractivity (Wildman–Crippen MR) is 114 cm³/mol. The zero-order valence-corrected chi connectivity index (χ0v) is 16.9.